The van der Waals surface area contributed by atoms with Gasteiger partial charge in [0.15, 0.2) is 0 Å². The number of hydrogen-bond donors (Lipinski definition) is 2. The zero-order valence-electron chi connectivity index (χ0n) is 12.5. The van der Waals surface area contributed by atoms with Crippen LogP contribution in [0.3, 0.4) is 0 Å². The predicted octanol–water partition coefficient (Wildman–Crippen LogP) is 1.96. The van der Waals surface area contributed by atoms with E-state index in [2.05, 4.69) is 26.1 Å². The average molecular weight is 261 g/mol. The zero-order chi connectivity index (χ0) is 13.9. The Labute approximate surface area is 112 Å². The first-order valence-corrected chi connectivity index (χ1v) is 7.01. The highest BCUT2D eigenvalue weighted by Gasteiger charge is 2.18. The van der Waals surface area contributed by atoms with Crippen LogP contribution < -0.4 is 5.32 Å². The smallest absolute Gasteiger partial charge is 0.0897 e. The molecule has 0 aromatic heterocycles. The molecule has 0 bridgehead atoms. The first-order chi connectivity index (χ1) is 8.52. The van der Waals surface area contributed by atoms with Gasteiger partial charge in [0.1, 0.15) is 0 Å². The van der Waals surface area contributed by atoms with Gasteiger partial charge in [-0.25, -0.2) is 0 Å². The van der Waals surface area contributed by atoms with Crippen LogP contribution in [0.25, 0.3) is 0 Å². The molecular formula is C14H31NO3. The van der Waals surface area contributed by atoms with Gasteiger partial charge in [0.2, 0.25) is 0 Å². The Kier molecular flexibility index (Phi) is 10.6. The SMILES string of the molecule is CCCCCCOCC(O)CNC(C)(C)COC. The summed E-state index contributed by atoms with van der Waals surface area (Å²) in [5.74, 6) is 0. The summed E-state index contributed by atoms with van der Waals surface area (Å²) in [6.07, 6.45) is 4.35. The van der Waals surface area contributed by atoms with E-state index in [9.17, 15) is 5.11 Å². The molecule has 0 aliphatic heterocycles. The van der Waals surface area contributed by atoms with Crippen LogP contribution in [0.2, 0.25) is 0 Å². The van der Waals surface area contributed by atoms with E-state index in [4.69, 9.17) is 9.47 Å². The van der Waals surface area contributed by atoms with Crippen molar-refractivity contribution in [1.82, 2.24) is 5.32 Å². The molecule has 2 N–H and O–H groups in total. The minimum atomic E-state index is -0.452. The van der Waals surface area contributed by atoms with Crippen LogP contribution in [0, 0.1) is 0 Å². The second kappa shape index (κ2) is 10.7. The molecule has 18 heavy (non-hydrogen) atoms. The second-order valence-electron chi connectivity index (χ2n) is 5.49. The lowest BCUT2D eigenvalue weighted by Gasteiger charge is -2.26. The average Bonchev–Trinajstić information content (AvgIpc) is 2.31. The zero-order valence-corrected chi connectivity index (χ0v) is 12.5. The van der Waals surface area contributed by atoms with Gasteiger partial charge in [-0.2, -0.15) is 0 Å². The molecule has 0 aromatic carbocycles. The largest absolute Gasteiger partial charge is 0.389 e. The standard InChI is InChI=1S/C14H31NO3/c1-5-6-7-8-9-18-11-13(16)10-15-14(2,3)12-17-4/h13,15-16H,5-12H2,1-4H3. The van der Waals surface area contributed by atoms with E-state index in [0.717, 1.165) is 13.0 Å². The Morgan fingerprint density at radius 3 is 2.56 bits per heavy atom. The summed E-state index contributed by atoms with van der Waals surface area (Å²) in [5, 5.41) is 13.0. The molecule has 0 spiro atoms. The summed E-state index contributed by atoms with van der Waals surface area (Å²) in [6.45, 7) is 8.60. The highest BCUT2D eigenvalue weighted by atomic mass is 16.5. The van der Waals surface area contributed by atoms with Crippen molar-refractivity contribution >= 4 is 0 Å². The molecule has 1 atom stereocenters. The Morgan fingerprint density at radius 2 is 1.94 bits per heavy atom. The molecule has 0 saturated carbocycles. The number of aliphatic hydroxyl groups is 1. The van der Waals surface area contributed by atoms with Crippen molar-refractivity contribution in [3.63, 3.8) is 0 Å². The third-order valence-corrected chi connectivity index (χ3v) is 2.77. The molecule has 0 radical (unpaired) electrons. The van der Waals surface area contributed by atoms with Crippen LogP contribution >= 0.6 is 0 Å². The number of ether oxygens (including phenoxy) is 2. The molecule has 0 aliphatic carbocycles. The molecule has 0 aromatic rings. The molecule has 1 unspecified atom stereocenters. The van der Waals surface area contributed by atoms with Crippen LogP contribution in [0.1, 0.15) is 46.5 Å². The summed E-state index contributed by atoms with van der Waals surface area (Å²) >= 11 is 0. The first kappa shape index (κ1) is 17.8. The van der Waals surface area contributed by atoms with E-state index in [1.807, 2.05) is 0 Å². The maximum absolute atomic E-state index is 9.76. The van der Waals surface area contributed by atoms with Crippen LogP contribution in [0.4, 0.5) is 0 Å². The van der Waals surface area contributed by atoms with Crippen molar-refractivity contribution in [2.75, 3.05) is 33.5 Å². The van der Waals surface area contributed by atoms with Gasteiger partial charge >= 0.3 is 0 Å². The van der Waals surface area contributed by atoms with Gasteiger partial charge in [-0.1, -0.05) is 26.2 Å². The van der Waals surface area contributed by atoms with E-state index in [1.54, 1.807) is 7.11 Å². The second-order valence-corrected chi connectivity index (χ2v) is 5.49. The Bertz CT molecular complexity index is 186. The molecule has 0 aliphatic rings. The van der Waals surface area contributed by atoms with E-state index in [0.29, 0.717) is 19.8 Å². The number of nitrogens with one attached hydrogen (secondary N) is 1. The van der Waals surface area contributed by atoms with Gasteiger partial charge in [-0.05, 0) is 20.3 Å². The van der Waals surface area contributed by atoms with Crippen LogP contribution in [-0.2, 0) is 9.47 Å². The summed E-state index contributed by atoms with van der Waals surface area (Å²) in [4.78, 5) is 0. The van der Waals surface area contributed by atoms with Crippen molar-refractivity contribution in [3.05, 3.63) is 0 Å². The number of unbranched alkanes of at least 4 members (excludes halogenated alkanes) is 3. The molecule has 110 valence electrons. The highest BCUT2D eigenvalue weighted by Crippen LogP contribution is 2.02. The minimum absolute atomic E-state index is 0.114. The molecule has 4 heteroatoms. The van der Waals surface area contributed by atoms with Gasteiger partial charge in [-0.3, -0.25) is 0 Å². The molecule has 0 heterocycles. The number of rotatable bonds is 12. The summed E-state index contributed by atoms with van der Waals surface area (Å²) in [7, 11) is 1.68. The summed E-state index contributed by atoms with van der Waals surface area (Å²) in [5.41, 5.74) is -0.114. The van der Waals surface area contributed by atoms with Crippen LogP contribution in [-0.4, -0.2) is 50.2 Å². The van der Waals surface area contributed by atoms with Crippen LogP contribution in [0.15, 0.2) is 0 Å². The maximum Gasteiger partial charge on any atom is 0.0897 e. The number of aliphatic hydroxyl groups excluding tert-OH is 1. The van der Waals surface area contributed by atoms with Crippen molar-refractivity contribution in [2.45, 2.75) is 58.1 Å². The van der Waals surface area contributed by atoms with Crippen molar-refractivity contribution < 1.29 is 14.6 Å². The Hall–Kier alpha value is -0.160. The lowest BCUT2D eigenvalue weighted by atomic mass is 10.1. The van der Waals surface area contributed by atoms with E-state index in [-0.39, 0.29) is 5.54 Å². The third kappa shape index (κ3) is 11.0. The lowest BCUT2D eigenvalue weighted by Crippen LogP contribution is -2.47. The van der Waals surface area contributed by atoms with Gasteiger partial charge in [0.05, 0.1) is 19.3 Å². The summed E-state index contributed by atoms with van der Waals surface area (Å²) < 4.78 is 10.5. The third-order valence-electron chi connectivity index (χ3n) is 2.77. The number of hydrogen-bond acceptors (Lipinski definition) is 4. The first-order valence-electron chi connectivity index (χ1n) is 7.01. The Morgan fingerprint density at radius 1 is 1.22 bits per heavy atom. The van der Waals surface area contributed by atoms with Crippen molar-refractivity contribution in [2.24, 2.45) is 0 Å². The molecule has 0 amide bonds. The Balaban J connectivity index is 3.45. The van der Waals surface area contributed by atoms with Crippen LogP contribution in [0.5, 0.6) is 0 Å². The highest BCUT2D eigenvalue weighted by molar-refractivity contribution is 4.78. The maximum atomic E-state index is 9.76. The fraction of sp³-hybridized carbons (Fsp3) is 1.00. The van der Waals surface area contributed by atoms with Gasteiger partial charge in [0.25, 0.3) is 0 Å². The van der Waals surface area contributed by atoms with Gasteiger partial charge < -0.3 is 19.9 Å². The quantitative estimate of drug-likeness (QED) is 0.527. The van der Waals surface area contributed by atoms with Crippen molar-refractivity contribution in [1.29, 1.82) is 0 Å². The van der Waals surface area contributed by atoms with Crippen molar-refractivity contribution in [3.8, 4) is 0 Å². The number of β-amino-alcohol motifs (C(OH)–C–C–N with tert-alkyl or cyclic N) is 1. The van der Waals surface area contributed by atoms with Gasteiger partial charge in [0, 0.05) is 25.8 Å². The molecule has 0 saturated heterocycles. The molecular weight excluding hydrogens is 230 g/mol. The lowest BCUT2D eigenvalue weighted by molar-refractivity contribution is 0.0281. The number of methoxy groups -OCH3 is 1. The van der Waals surface area contributed by atoms with Gasteiger partial charge in [-0.15, -0.1) is 0 Å². The molecule has 4 nitrogen and oxygen atoms in total. The topological polar surface area (TPSA) is 50.7 Å². The normalized spacial score (nSPS) is 13.8. The van der Waals surface area contributed by atoms with E-state index >= 15 is 0 Å². The molecule has 0 rings (SSSR count). The summed E-state index contributed by atoms with van der Waals surface area (Å²) in [6, 6.07) is 0. The molecule has 0 fully saturated rings. The fourth-order valence-corrected chi connectivity index (χ4v) is 1.72. The minimum Gasteiger partial charge on any atom is -0.389 e. The predicted molar refractivity (Wildman–Crippen MR) is 74.9 cm³/mol. The van der Waals surface area contributed by atoms with E-state index in [1.165, 1.54) is 19.3 Å². The fourth-order valence-electron chi connectivity index (χ4n) is 1.72. The van der Waals surface area contributed by atoms with E-state index < -0.39 is 6.10 Å². The monoisotopic (exact) mass is 261 g/mol.